The van der Waals surface area contributed by atoms with Crippen molar-refractivity contribution in [3.05, 3.63) is 34.1 Å². The Kier molecular flexibility index (Phi) is 3.01. The third-order valence-corrected chi connectivity index (χ3v) is 3.10. The first kappa shape index (κ1) is 11.2. The van der Waals surface area contributed by atoms with Gasteiger partial charge in [-0.1, -0.05) is 17.7 Å². The molecule has 16 heavy (non-hydrogen) atoms. The van der Waals surface area contributed by atoms with E-state index in [1.807, 2.05) is 0 Å². The fourth-order valence-corrected chi connectivity index (χ4v) is 2.02. The van der Waals surface area contributed by atoms with E-state index in [-0.39, 0.29) is 6.61 Å². The number of carbonyl (C=O) groups excluding carboxylic acids is 1. The Hall–Kier alpha value is -1.29. The van der Waals surface area contributed by atoms with Crippen molar-refractivity contribution in [3.63, 3.8) is 0 Å². The molecule has 1 aliphatic heterocycles. The second kappa shape index (κ2) is 4.29. The number of rotatable bonds is 1. The summed E-state index contributed by atoms with van der Waals surface area (Å²) >= 11 is 6.05. The molecule has 1 aliphatic rings. The van der Waals surface area contributed by atoms with Gasteiger partial charge in [-0.05, 0) is 18.6 Å². The molecule has 5 heteroatoms. The molecule has 0 spiro atoms. The van der Waals surface area contributed by atoms with Gasteiger partial charge in [0.25, 0.3) is 0 Å². The number of benzene rings is 1. The van der Waals surface area contributed by atoms with E-state index in [1.54, 1.807) is 13.0 Å². The number of hydrogen-bond acceptors (Lipinski definition) is 2. The molecule has 0 unspecified atom stereocenters. The van der Waals surface area contributed by atoms with Crippen molar-refractivity contribution < 1.29 is 13.9 Å². The summed E-state index contributed by atoms with van der Waals surface area (Å²) in [6.45, 7) is 2.08. The standard InChI is InChI=1S/C11H11ClFNO2/c1-6-2-3-7(13)9(10(6)12)8-4-5-16-11(15)14-8/h2-3,8H,4-5H2,1H3,(H,14,15)/t8-/m1/s1. The van der Waals surface area contributed by atoms with Crippen molar-refractivity contribution in [2.75, 3.05) is 6.61 Å². The maximum Gasteiger partial charge on any atom is 0.407 e. The van der Waals surface area contributed by atoms with E-state index in [2.05, 4.69) is 5.32 Å². The summed E-state index contributed by atoms with van der Waals surface area (Å²) in [6, 6.07) is 2.56. The summed E-state index contributed by atoms with van der Waals surface area (Å²) in [5.41, 5.74) is 1.14. The monoisotopic (exact) mass is 243 g/mol. The van der Waals surface area contributed by atoms with Gasteiger partial charge in [0.2, 0.25) is 0 Å². The van der Waals surface area contributed by atoms with Crippen molar-refractivity contribution in [1.29, 1.82) is 0 Å². The molecule has 1 heterocycles. The molecule has 0 saturated carbocycles. The molecule has 2 rings (SSSR count). The van der Waals surface area contributed by atoms with Gasteiger partial charge in [-0.25, -0.2) is 9.18 Å². The molecule has 1 aromatic rings. The third kappa shape index (κ3) is 1.97. The van der Waals surface area contributed by atoms with Gasteiger partial charge in [0.1, 0.15) is 5.82 Å². The normalized spacial score (nSPS) is 20.2. The minimum Gasteiger partial charge on any atom is -0.449 e. The molecular weight excluding hydrogens is 233 g/mol. The molecule has 0 radical (unpaired) electrons. The van der Waals surface area contributed by atoms with Gasteiger partial charge in [0.15, 0.2) is 0 Å². The van der Waals surface area contributed by atoms with Gasteiger partial charge in [0, 0.05) is 12.0 Å². The van der Waals surface area contributed by atoms with Gasteiger partial charge >= 0.3 is 6.09 Å². The largest absolute Gasteiger partial charge is 0.449 e. The first-order valence-electron chi connectivity index (χ1n) is 4.97. The quantitative estimate of drug-likeness (QED) is 0.824. The molecule has 1 amide bonds. The van der Waals surface area contributed by atoms with Crippen LogP contribution in [0.4, 0.5) is 9.18 Å². The zero-order valence-electron chi connectivity index (χ0n) is 8.72. The van der Waals surface area contributed by atoms with Gasteiger partial charge in [-0.3, -0.25) is 0 Å². The lowest BCUT2D eigenvalue weighted by Crippen LogP contribution is -2.36. The molecule has 0 bridgehead atoms. The van der Waals surface area contributed by atoms with E-state index in [0.29, 0.717) is 17.0 Å². The van der Waals surface area contributed by atoms with Gasteiger partial charge in [-0.15, -0.1) is 0 Å². The molecular formula is C11H11ClFNO2. The van der Waals surface area contributed by atoms with E-state index in [1.165, 1.54) is 6.07 Å². The number of carbonyl (C=O) groups is 1. The molecule has 1 N–H and O–H groups in total. The maximum atomic E-state index is 13.7. The average Bonchev–Trinajstić information content (AvgIpc) is 2.24. The Morgan fingerprint density at radius 2 is 2.31 bits per heavy atom. The Balaban J connectivity index is 2.39. The molecule has 1 fully saturated rings. The maximum absolute atomic E-state index is 13.7. The summed E-state index contributed by atoms with van der Waals surface area (Å²) in [7, 11) is 0. The van der Waals surface area contributed by atoms with Crippen LogP contribution in [-0.4, -0.2) is 12.7 Å². The zero-order valence-corrected chi connectivity index (χ0v) is 9.47. The Bertz CT molecular complexity index is 436. The van der Waals surface area contributed by atoms with Crippen LogP contribution >= 0.6 is 11.6 Å². The second-order valence-corrected chi connectivity index (χ2v) is 4.09. The first-order valence-corrected chi connectivity index (χ1v) is 5.35. The average molecular weight is 244 g/mol. The number of hydrogen-bond donors (Lipinski definition) is 1. The van der Waals surface area contributed by atoms with Crippen molar-refractivity contribution in [1.82, 2.24) is 5.32 Å². The molecule has 3 nitrogen and oxygen atoms in total. The lowest BCUT2D eigenvalue weighted by atomic mass is 10.0. The molecule has 0 aliphatic carbocycles. The Labute approximate surface area is 97.5 Å². The van der Waals surface area contributed by atoms with E-state index < -0.39 is 18.0 Å². The van der Waals surface area contributed by atoms with Crippen LogP contribution in [0.5, 0.6) is 0 Å². The van der Waals surface area contributed by atoms with Crippen LogP contribution in [0, 0.1) is 12.7 Å². The van der Waals surface area contributed by atoms with Crippen molar-refractivity contribution in [2.24, 2.45) is 0 Å². The number of halogens is 2. The number of nitrogens with one attached hydrogen (secondary N) is 1. The second-order valence-electron chi connectivity index (χ2n) is 3.71. The van der Waals surface area contributed by atoms with Crippen LogP contribution < -0.4 is 5.32 Å². The topological polar surface area (TPSA) is 38.3 Å². The predicted molar refractivity (Wildman–Crippen MR) is 58.0 cm³/mol. The highest BCUT2D eigenvalue weighted by atomic mass is 35.5. The van der Waals surface area contributed by atoms with E-state index in [0.717, 1.165) is 5.56 Å². The van der Waals surface area contributed by atoms with Crippen LogP contribution in [0.2, 0.25) is 5.02 Å². The highest BCUT2D eigenvalue weighted by Gasteiger charge is 2.26. The van der Waals surface area contributed by atoms with E-state index in [9.17, 15) is 9.18 Å². The fraction of sp³-hybridized carbons (Fsp3) is 0.364. The highest BCUT2D eigenvalue weighted by molar-refractivity contribution is 6.32. The lowest BCUT2D eigenvalue weighted by Gasteiger charge is -2.25. The van der Waals surface area contributed by atoms with Crippen LogP contribution in [0.3, 0.4) is 0 Å². The molecule has 1 aromatic carbocycles. The fourth-order valence-electron chi connectivity index (χ4n) is 1.74. The van der Waals surface area contributed by atoms with Crippen molar-refractivity contribution in [3.8, 4) is 0 Å². The van der Waals surface area contributed by atoms with Crippen LogP contribution in [0.1, 0.15) is 23.6 Å². The Morgan fingerprint density at radius 3 is 3.00 bits per heavy atom. The third-order valence-electron chi connectivity index (χ3n) is 2.60. The predicted octanol–water partition coefficient (Wildman–Crippen LogP) is 2.96. The van der Waals surface area contributed by atoms with E-state index in [4.69, 9.17) is 16.3 Å². The number of alkyl carbamates (subject to hydrolysis) is 1. The Morgan fingerprint density at radius 1 is 1.56 bits per heavy atom. The molecule has 86 valence electrons. The minimum atomic E-state index is -0.534. The summed E-state index contributed by atoms with van der Waals surface area (Å²) in [6.07, 6.45) is -0.0144. The van der Waals surface area contributed by atoms with Crippen molar-refractivity contribution in [2.45, 2.75) is 19.4 Å². The van der Waals surface area contributed by atoms with Gasteiger partial charge < -0.3 is 10.1 Å². The number of amides is 1. The van der Waals surface area contributed by atoms with Crippen molar-refractivity contribution >= 4 is 17.7 Å². The summed E-state index contributed by atoms with van der Waals surface area (Å²) in [5.74, 6) is -0.400. The number of cyclic esters (lactones) is 1. The smallest absolute Gasteiger partial charge is 0.407 e. The molecule has 1 saturated heterocycles. The number of aryl methyl sites for hydroxylation is 1. The van der Waals surface area contributed by atoms with Crippen LogP contribution in [0.15, 0.2) is 12.1 Å². The summed E-state index contributed by atoms with van der Waals surface area (Å²) in [4.78, 5) is 11.1. The zero-order chi connectivity index (χ0) is 11.7. The highest BCUT2D eigenvalue weighted by Crippen LogP contribution is 2.31. The van der Waals surface area contributed by atoms with E-state index >= 15 is 0 Å². The van der Waals surface area contributed by atoms with Crippen LogP contribution in [-0.2, 0) is 4.74 Å². The summed E-state index contributed by atoms with van der Waals surface area (Å²) in [5, 5.41) is 2.92. The molecule has 1 atom stereocenters. The minimum absolute atomic E-state index is 0.278. The molecule has 0 aromatic heterocycles. The van der Waals surface area contributed by atoms with Gasteiger partial charge in [0.05, 0.1) is 17.7 Å². The van der Waals surface area contributed by atoms with Crippen LogP contribution in [0.25, 0.3) is 0 Å². The summed E-state index contributed by atoms with van der Waals surface area (Å²) < 4.78 is 18.4. The SMILES string of the molecule is Cc1ccc(F)c([C@H]2CCOC(=O)N2)c1Cl. The first-order chi connectivity index (χ1) is 7.59. The lowest BCUT2D eigenvalue weighted by molar-refractivity contribution is 0.115. The van der Waals surface area contributed by atoms with Gasteiger partial charge in [-0.2, -0.15) is 0 Å². The number of ether oxygens (including phenoxy) is 1.